The second kappa shape index (κ2) is 6.08. The first-order chi connectivity index (χ1) is 9.97. The molecule has 1 saturated heterocycles. The Morgan fingerprint density at radius 1 is 1.57 bits per heavy atom. The first-order valence-electron chi connectivity index (χ1n) is 6.12. The molecule has 0 spiro atoms. The Bertz CT molecular complexity index is 625. The van der Waals surface area contributed by atoms with Gasteiger partial charge in [0.25, 0.3) is 5.56 Å². The maximum Gasteiger partial charge on any atom is 0.407 e. The minimum atomic E-state index is -1.32. The molecule has 0 saturated carbocycles. The van der Waals surface area contributed by atoms with Gasteiger partial charge in [-0.1, -0.05) is 0 Å². The number of hydrogen-bond acceptors (Lipinski definition) is 7. The third kappa shape index (κ3) is 2.96. The number of nitrogens with zero attached hydrogens (tertiary/aromatic N) is 1. The first kappa shape index (κ1) is 15.2. The molecule has 1 amide bonds. The quantitative estimate of drug-likeness (QED) is 0.483. The molecule has 21 heavy (non-hydrogen) atoms. The van der Waals surface area contributed by atoms with Crippen LogP contribution in [0.15, 0.2) is 21.9 Å². The molecule has 10 nitrogen and oxygen atoms in total. The average molecular weight is 301 g/mol. The molecule has 1 aromatic heterocycles. The van der Waals surface area contributed by atoms with Gasteiger partial charge >= 0.3 is 11.8 Å². The van der Waals surface area contributed by atoms with Gasteiger partial charge in [-0.05, 0) is 0 Å². The summed E-state index contributed by atoms with van der Waals surface area (Å²) in [5.41, 5.74) is -1.39. The summed E-state index contributed by atoms with van der Waals surface area (Å²) in [6.07, 6.45) is -4.41. The van der Waals surface area contributed by atoms with Crippen LogP contribution in [-0.2, 0) is 9.47 Å². The van der Waals surface area contributed by atoms with Crippen LogP contribution >= 0.6 is 0 Å². The van der Waals surface area contributed by atoms with Gasteiger partial charge in [-0.3, -0.25) is 14.3 Å². The van der Waals surface area contributed by atoms with E-state index in [0.717, 1.165) is 16.8 Å². The predicted molar refractivity (Wildman–Crippen MR) is 67.7 cm³/mol. The van der Waals surface area contributed by atoms with E-state index in [1.807, 2.05) is 4.98 Å². The van der Waals surface area contributed by atoms with Crippen LogP contribution in [0.25, 0.3) is 0 Å². The van der Waals surface area contributed by atoms with E-state index < -0.39 is 48.5 Å². The molecule has 0 bridgehead atoms. The fraction of sp³-hybridized carbons (Fsp3) is 0.545. The van der Waals surface area contributed by atoms with E-state index in [4.69, 9.17) is 14.6 Å². The Morgan fingerprint density at radius 2 is 2.29 bits per heavy atom. The van der Waals surface area contributed by atoms with Crippen molar-refractivity contribution in [2.45, 2.75) is 24.5 Å². The Kier molecular flexibility index (Phi) is 4.40. The highest BCUT2D eigenvalue weighted by atomic mass is 16.6. The minimum Gasteiger partial charge on any atom is -0.439 e. The number of ether oxygens (including phenoxy) is 2. The van der Waals surface area contributed by atoms with Crippen LogP contribution in [0.5, 0.6) is 0 Å². The second-order valence-electron chi connectivity index (χ2n) is 4.38. The summed E-state index contributed by atoms with van der Waals surface area (Å²) in [6.45, 7) is -0.524. The number of H-pyrrole nitrogens is 1. The Balaban J connectivity index is 2.36. The zero-order chi connectivity index (χ0) is 15.6. The molecule has 1 aromatic rings. The normalized spacial score (nSPS) is 28.3. The number of aliphatic hydroxyl groups excluding tert-OH is 2. The highest BCUT2D eigenvalue weighted by Crippen LogP contribution is 2.30. The molecule has 1 fully saturated rings. The monoisotopic (exact) mass is 301 g/mol. The third-order valence-electron chi connectivity index (χ3n) is 3.07. The van der Waals surface area contributed by atoms with E-state index in [1.165, 1.54) is 7.05 Å². The molecule has 116 valence electrons. The Labute approximate surface area is 117 Å². The number of carbonyl (C=O) groups is 1. The molecule has 4 unspecified atom stereocenters. The van der Waals surface area contributed by atoms with Crippen molar-refractivity contribution in [1.29, 1.82) is 0 Å². The molecular weight excluding hydrogens is 286 g/mol. The summed E-state index contributed by atoms with van der Waals surface area (Å²) in [6, 6.07) is 1.08. The highest BCUT2D eigenvalue weighted by molar-refractivity contribution is 5.67. The third-order valence-corrected chi connectivity index (χ3v) is 3.07. The molecule has 2 rings (SSSR count). The van der Waals surface area contributed by atoms with E-state index in [9.17, 15) is 19.5 Å². The van der Waals surface area contributed by atoms with E-state index >= 15 is 0 Å². The number of nitrogens with one attached hydrogen (secondary N) is 2. The van der Waals surface area contributed by atoms with Crippen LogP contribution in [0.2, 0.25) is 0 Å². The lowest BCUT2D eigenvalue weighted by molar-refractivity contribution is -0.0568. The number of hydrogen-bond donors (Lipinski definition) is 4. The van der Waals surface area contributed by atoms with Crippen molar-refractivity contribution >= 4 is 6.09 Å². The van der Waals surface area contributed by atoms with Crippen molar-refractivity contribution < 1.29 is 24.5 Å². The maximum atomic E-state index is 11.8. The van der Waals surface area contributed by atoms with Gasteiger partial charge in [0.05, 0.1) is 6.61 Å². The van der Waals surface area contributed by atoms with Crippen molar-refractivity contribution in [1.82, 2.24) is 14.9 Å². The summed E-state index contributed by atoms with van der Waals surface area (Å²) >= 11 is 0. The molecule has 4 N–H and O–H groups in total. The SMILES string of the molecule is CNC(=O)OC1C(O)C(CO)OC1n1ccc(=O)[nH]c1=O. The molecule has 0 aromatic carbocycles. The highest BCUT2D eigenvalue weighted by Gasteiger charge is 2.47. The van der Waals surface area contributed by atoms with Crippen LogP contribution in [0.4, 0.5) is 4.79 Å². The van der Waals surface area contributed by atoms with Crippen LogP contribution in [0.3, 0.4) is 0 Å². The summed E-state index contributed by atoms with van der Waals surface area (Å²) < 4.78 is 11.3. The number of aromatic nitrogens is 2. The Morgan fingerprint density at radius 3 is 2.86 bits per heavy atom. The number of rotatable bonds is 3. The molecule has 4 atom stereocenters. The van der Waals surface area contributed by atoms with Gasteiger partial charge in [0.2, 0.25) is 0 Å². The molecule has 10 heteroatoms. The number of carbonyl (C=O) groups excluding carboxylic acids is 1. The molecule has 2 heterocycles. The lowest BCUT2D eigenvalue weighted by atomic mass is 10.1. The Hall–Kier alpha value is -2.17. The molecule has 0 radical (unpaired) electrons. The molecule has 1 aliphatic heterocycles. The average Bonchev–Trinajstić information content (AvgIpc) is 2.76. The van der Waals surface area contributed by atoms with Crippen molar-refractivity contribution in [2.24, 2.45) is 0 Å². The van der Waals surface area contributed by atoms with Gasteiger partial charge in [0.1, 0.15) is 12.2 Å². The summed E-state index contributed by atoms with van der Waals surface area (Å²) in [5, 5.41) is 21.3. The van der Waals surface area contributed by atoms with Crippen LogP contribution in [-0.4, -0.2) is 57.8 Å². The van der Waals surface area contributed by atoms with E-state index in [2.05, 4.69) is 5.32 Å². The van der Waals surface area contributed by atoms with E-state index in [-0.39, 0.29) is 0 Å². The van der Waals surface area contributed by atoms with Gasteiger partial charge in [0, 0.05) is 19.3 Å². The first-order valence-corrected chi connectivity index (χ1v) is 6.12. The van der Waals surface area contributed by atoms with Crippen LogP contribution < -0.4 is 16.6 Å². The molecular formula is C11H15N3O7. The van der Waals surface area contributed by atoms with Gasteiger partial charge in [-0.2, -0.15) is 0 Å². The van der Waals surface area contributed by atoms with E-state index in [0.29, 0.717) is 0 Å². The van der Waals surface area contributed by atoms with Gasteiger partial charge in [0.15, 0.2) is 12.3 Å². The lowest BCUT2D eigenvalue weighted by Gasteiger charge is -2.21. The number of aromatic amines is 1. The lowest BCUT2D eigenvalue weighted by Crippen LogP contribution is -2.41. The van der Waals surface area contributed by atoms with Gasteiger partial charge in [-0.15, -0.1) is 0 Å². The smallest absolute Gasteiger partial charge is 0.407 e. The summed E-state index contributed by atoms with van der Waals surface area (Å²) in [5.74, 6) is 0. The van der Waals surface area contributed by atoms with Crippen molar-refractivity contribution in [3.63, 3.8) is 0 Å². The van der Waals surface area contributed by atoms with Gasteiger partial charge in [-0.25, -0.2) is 9.59 Å². The largest absolute Gasteiger partial charge is 0.439 e. The van der Waals surface area contributed by atoms with Crippen molar-refractivity contribution in [3.8, 4) is 0 Å². The predicted octanol–water partition coefficient (Wildman–Crippen LogP) is -2.49. The van der Waals surface area contributed by atoms with Crippen molar-refractivity contribution in [2.75, 3.05) is 13.7 Å². The maximum absolute atomic E-state index is 11.8. The van der Waals surface area contributed by atoms with Crippen LogP contribution in [0, 0.1) is 0 Å². The van der Waals surface area contributed by atoms with Crippen molar-refractivity contribution in [3.05, 3.63) is 33.1 Å². The fourth-order valence-electron chi connectivity index (χ4n) is 2.03. The van der Waals surface area contributed by atoms with Gasteiger partial charge < -0.3 is 25.0 Å². The number of amides is 1. The topological polar surface area (TPSA) is 143 Å². The zero-order valence-corrected chi connectivity index (χ0v) is 11.1. The summed E-state index contributed by atoms with van der Waals surface area (Å²) in [7, 11) is 1.33. The molecule has 1 aliphatic rings. The second-order valence-corrected chi connectivity index (χ2v) is 4.38. The van der Waals surface area contributed by atoms with Crippen LogP contribution in [0.1, 0.15) is 6.23 Å². The zero-order valence-electron chi connectivity index (χ0n) is 11.1. The number of alkyl carbamates (subject to hydrolysis) is 1. The standard InChI is InChI=1S/C11H15N3O7/c1-12-11(19)21-8-7(17)5(4-15)20-9(8)14-3-2-6(16)13-10(14)18/h2-3,5,7-9,15,17H,4H2,1H3,(H,12,19)(H,13,16,18). The molecule has 0 aliphatic carbocycles. The minimum absolute atomic E-state index is 0.524. The fourth-order valence-corrected chi connectivity index (χ4v) is 2.03. The summed E-state index contributed by atoms with van der Waals surface area (Å²) in [4.78, 5) is 36.1. The van der Waals surface area contributed by atoms with E-state index in [1.54, 1.807) is 0 Å². The number of aliphatic hydroxyl groups is 2.